The molecular formula is C12H13N3O2S. The molecule has 0 spiro atoms. The number of nitrogens with zero attached hydrogens (tertiary/aromatic N) is 2. The van der Waals surface area contributed by atoms with E-state index >= 15 is 0 Å². The second kappa shape index (κ2) is 5.50. The van der Waals surface area contributed by atoms with Gasteiger partial charge in [-0.25, -0.2) is 5.43 Å². The zero-order valence-electron chi connectivity index (χ0n) is 10.1. The molecule has 1 amide bonds. The second-order valence-electron chi connectivity index (χ2n) is 3.75. The van der Waals surface area contributed by atoms with Crippen LogP contribution in [-0.4, -0.2) is 26.2 Å². The van der Waals surface area contributed by atoms with Gasteiger partial charge in [-0.3, -0.25) is 4.79 Å². The molecule has 0 aliphatic carbocycles. The third kappa shape index (κ3) is 2.98. The summed E-state index contributed by atoms with van der Waals surface area (Å²) in [5.41, 5.74) is 2.44. The second-order valence-corrected chi connectivity index (χ2v) is 4.69. The summed E-state index contributed by atoms with van der Waals surface area (Å²) in [6, 6.07) is 7.18. The summed E-state index contributed by atoms with van der Waals surface area (Å²) in [6.45, 7) is 0. The summed E-state index contributed by atoms with van der Waals surface area (Å²) in [5, 5.41) is 5.68. The predicted octanol–water partition coefficient (Wildman–Crippen LogP) is 2.17. The molecule has 6 heteroatoms. The van der Waals surface area contributed by atoms with E-state index in [4.69, 9.17) is 4.42 Å². The van der Waals surface area contributed by atoms with Crippen molar-refractivity contribution in [2.75, 3.05) is 19.0 Å². The zero-order chi connectivity index (χ0) is 13.0. The van der Waals surface area contributed by atoms with E-state index in [-0.39, 0.29) is 5.91 Å². The molecule has 2 aromatic rings. The summed E-state index contributed by atoms with van der Waals surface area (Å²) in [6.07, 6.45) is 1.47. The molecule has 0 unspecified atom stereocenters. The third-order valence-corrected chi connectivity index (χ3v) is 3.02. The molecule has 18 heavy (non-hydrogen) atoms. The summed E-state index contributed by atoms with van der Waals surface area (Å²) in [5.74, 6) is 1.10. The zero-order valence-corrected chi connectivity index (χ0v) is 10.9. The lowest BCUT2D eigenvalue weighted by Gasteiger charge is -2.05. The number of furan rings is 1. The van der Waals surface area contributed by atoms with Crippen LogP contribution in [0.3, 0.4) is 0 Å². The lowest BCUT2D eigenvalue weighted by Crippen LogP contribution is -2.15. The maximum Gasteiger partial charge on any atom is 0.281 e. The van der Waals surface area contributed by atoms with Crippen molar-refractivity contribution in [2.24, 2.45) is 5.10 Å². The first-order valence-electron chi connectivity index (χ1n) is 5.31. The SMILES string of the molecule is CN(C)c1ccc(/C=N/NC(=O)c2cccs2)o1. The van der Waals surface area contributed by atoms with E-state index in [2.05, 4.69) is 10.5 Å². The number of hydrazone groups is 1. The van der Waals surface area contributed by atoms with Gasteiger partial charge in [-0.1, -0.05) is 6.07 Å². The van der Waals surface area contributed by atoms with Crippen LogP contribution < -0.4 is 10.3 Å². The Morgan fingerprint density at radius 1 is 1.44 bits per heavy atom. The van der Waals surface area contributed by atoms with Crippen LogP contribution in [0.4, 0.5) is 5.88 Å². The fourth-order valence-corrected chi connectivity index (χ4v) is 1.88. The van der Waals surface area contributed by atoms with Crippen LogP contribution in [0.2, 0.25) is 0 Å². The topological polar surface area (TPSA) is 57.8 Å². The van der Waals surface area contributed by atoms with Crippen molar-refractivity contribution in [1.29, 1.82) is 0 Å². The number of hydrogen-bond acceptors (Lipinski definition) is 5. The molecule has 0 aliphatic heterocycles. The fraction of sp³-hybridized carbons (Fsp3) is 0.167. The molecular weight excluding hydrogens is 250 g/mol. The number of carbonyl (C=O) groups is 1. The van der Waals surface area contributed by atoms with E-state index < -0.39 is 0 Å². The van der Waals surface area contributed by atoms with Crippen molar-refractivity contribution >= 4 is 29.3 Å². The molecule has 0 fully saturated rings. The van der Waals surface area contributed by atoms with Gasteiger partial charge in [-0.05, 0) is 17.5 Å². The van der Waals surface area contributed by atoms with Gasteiger partial charge in [0.15, 0.2) is 5.88 Å². The first-order chi connectivity index (χ1) is 8.66. The van der Waals surface area contributed by atoms with Crippen molar-refractivity contribution < 1.29 is 9.21 Å². The van der Waals surface area contributed by atoms with E-state index in [9.17, 15) is 4.79 Å². The fourth-order valence-electron chi connectivity index (χ4n) is 1.27. The molecule has 0 aromatic carbocycles. The van der Waals surface area contributed by atoms with Gasteiger partial charge < -0.3 is 9.32 Å². The van der Waals surface area contributed by atoms with Crippen molar-refractivity contribution in [3.63, 3.8) is 0 Å². The highest BCUT2D eigenvalue weighted by molar-refractivity contribution is 7.12. The highest BCUT2D eigenvalue weighted by Crippen LogP contribution is 2.14. The van der Waals surface area contributed by atoms with E-state index in [1.54, 1.807) is 12.1 Å². The number of hydrogen-bond donors (Lipinski definition) is 1. The van der Waals surface area contributed by atoms with Crippen LogP contribution in [0.1, 0.15) is 15.4 Å². The third-order valence-electron chi connectivity index (χ3n) is 2.16. The van der Waals surface area contributed by atoms with E-state index in [0.717, 1.165) is 5.88 Å². The quantitative estimate of drug-likeness (QED) is 0.679. The van der Waals surface area contributed by atoms with Crippen molar-refractivity contribution in [3.8, 4) is 0 Å². The molecule has 2 rings (SSSR count). The highest BCUT2D eigenvalue weighted by atomic mass is 32.1. The van der Waals surface area contributed by atoms with Crippen LogP contribution in [0, 0.1) is 0 Å². The number of anilines is 1. The Kier molecular flexibility index (Phi) is 3.78. The Labute approximate surface area is 109 Å². The van der Waals surface area contributed by atoms with Crippen LogP contribution in [0.15, 0.2) is 39.2 Å². The standard InChI is InChI=1S/C12H13N3O2S/c1-15(2)11-6-5-9(17-11)8-13-14-12(16)10-4-3-7-18-10/h3-8H,1-2H3,(H,14,16)/b13-8+. The maximum atomic E-state index is 11.6. The van der Waals surface area contributed by atoms with Gasteiger partial charge in [0.25, 0.3) is 5.91 Å². The number of rotatable bonds is 4. The van der Waals surface area contributed by atoms with Gasteiger partial charge in [0.2, 0.25) is 0 Å². The normalized spacial score (nSPS) is 10.8. The first kappa shape index (κ1) is 12.4. The van der Waals surface area contributed by atoms with Crippen LogP contribution >= 0.6 is 11.3 Å². The molecule has 0 saturated carbocycles. The molecule has 0 saturated heterocycles. The predicted molar refractivity (Wildman–Crippen MR) is 72.4 cm³/mol. The molecule has 0 radical (unpaired) electrons. The van der Waals surface area contributed by atoms with Gasteiger partial charge in [0.05, 0.1) is 11.1 Å². The van der Waals surface area contributed by atoms with Gasteiger partial charge in [0, 0.05) is 20.2 Å². The lowest BCUT2D eigenvalue weighted by molar-refractivity contribution is 0.0959. The number of thiophene rings is 1. The Bertz CT molecular complexity index is 543. The molecule has 0 bridgehead atoms. The minimum atomic E-state index is -0.222. The summed E-state index contributed by atoms with van der Waals surface area (Å²) in [4.78, 5) is 14.0. The molecule has 1 N–H and O–H groups in total. The highest BCUT2D eigenvalue weighted by Gasteiger charge is 2.04. The Morgan fingerprint density at radius 2 is 2.28 bits per heavy atom. The van der Waals surface area contributed by atoms with Crippen LogP contribution in [-0.2, 0) is 0 Å². The van der Waals surface area contributed by atoms with Crippen LogP contribution in [0.5, 0.6) is 0 Å². The summed E-state index contributed by atoms with van der Waals surface area (Å²) >= 11 is 1.37. The van der Waals surface area contributed by atoms with E-state index in [1.165, 1.54) is 17.6 Å². The van der Waals surface area contributed by atoms with Crippen LogP contribution in [0.25, 0.3) is 0 Å². The monoisotopic (exact) mass is 263 g/mol. The van der Waals surface area contributed by atoms with Gasteiger partial charge in [-0.15, -0.1) is 11.3 Å². The molecule has 2 aromatic heterocycles. The van der Waals surface area contributed by atoms with Crippen molar-refractivity contribution in [1.82, 2.24) is 5.43 Å². The van der Waals surface area contributed by atoms with Gasteiger partial charge in [0.1, 0.15) is 5.76 Å². The molecule has 94 valence electrons. The van der Waals surface area contributed by atoms with E-state index in [0.29, 0.717) is 10.6 Å². The molecule has 0 aliphatic rings. The average Bonchev–Trinajstić information content (AvgIpc) is 3.00. The lowest BCUT2D eigenvalue weighted by atomic mass is 10.4. The Balaban J connectivity index is 1.93. The smallest absolute Gasteiger partial charge is 0.281 e. The number of amides is 1. The number of carbonyl (C=O) groups excluding carboxylic acids is 1. The Morgan fingerprint density at radius 3 is 2.89 bits per heavy atom. The van der Waals surface area contributed by atoms with Gasteiger partial charge >= 0.3 is 0 Å². The largest absolute Gasteiger partial charge is 0.440 e. The van der Waals surface area contributed by atoms with Crippen molar-refractivity contribution in [3.05, 3.63) is 40.3 Å². The summed E-state index contributed by atoms with van der Waals surface area (Å²) < 4.78 is 5.45. The summed E-state index contributed by atoms with van der Waals surface area (Å²) in [7, 11) is 3.77. The maximum absolute atomic E-state index is 11.6. The van der Waals surface area contributed by atoms with Crippen molar-refractivity contribution in [2.45, 2.75) is 0 Å². The first-order valence-corrected chi connectivity index (χ1v) is 6.19. The molecule has 5 nitrogen and oxygen atoms in total. The average molecular weight is 263 g/mol. The number of nitrogens with one attached hydrogen (secondary N) is 1. The minimum absolute atomic E-state index is 0.222. The molecule has 2 heterocycles. The Hall–Kier alpha value is -2.08. The van der Waals surface area contributed by atoms with Gasteiger partial charge in [-0.2, -0.15) is 5.10 Å². The minimum Gasteiger partial charge on any atom is -0.440 e. The van der Waals surface area contributed by atoms with E-state index in [1.807, 2.05) is 36.5 Å². The molecule has 0 atom stereocenters.